The van der Waals surface area contributed by atoms with Crippen molar-refractivity contribution in [1.29, 1.82) is 0 Å². The second-order valence-corrected chi connectivity index (χ2v) is 10.7. The van der Waals surface area contributed by atoms with Crippen LogP contribution < -0.4 is 11.1 Å². The van der Waals surface area contributed by atoms with E-state index in [9.17, 15) is 19.5 Å². The zero-order chi connectivity index (χ0) is 24.9. The van der Waals surface area contributed by atoms with Gasteiger partial charge >= 0.3 is 5.97 Å². The standard InChI is InChI=1S/C24H36N4O4S2/c1-24(9-5-10-27(24)14-18(25)15-33)23(32)28-13-17-7-4-3-6-16(17)12-20(28)21(29)26-19(22(30)31)8-11-34-2/h3-4,6-7,18-20,33H,5,8-15,25H2,1-2H3,(H,26,29)(H,30,31)/t18-,19+,20+,24+/m1/s1. The molecular weight excluding hydrogens is 472 g/mol. The normalized spacial score (nSPS) is 24.4. The van der Waals surface area contributed by atoms with Crippen molar-refractivity contribution < 1.29 is 19.5 Å². The van der Waals surface area contributed by atoms with Gasteiger partial charge in [-0.3, -0.25) is 14.5 Å². The molecule has 34 heavy (non-hydrogen) atoms. The number of nitrogens with zero attached hydrogens (tertiary/aromatic N) is 2. The molecule has 3 rings (SSSR count). The number of likely N-dealkylation sites (tertiary alicyclic amines) is 1. The van der Waals surface area contributed by atoms with Crippen LogP contribution in [0.5, 0.6) is 0 Å². The lowest BCUT2D eigenvalue weighted by molar-refractivity contribution is -0.151. The number of thiol groups is 1. The highest BCUT2D eigenvalue weighted by Crippen LogP contribution is 2.34. The Labute approximate surface area is 211 Å². The summed E-state index contributed by atoms with van der Waals surface area (Å²) in [4.78, 5) is 43.0. The molecule has 0 radical (unpaired) electrons. The van der Waals surface area contributed by atoms with E-state index in [0.717, 1.165) is 24.1 Å². The molecule has 2 aliphatic heterocycles. The van der Waals surface area contributed by atoms with Crippen LogP contribution in [0.1, 0.15) is 37.3 Å². The molecule has 4 N–H and O–H groups in total. The van der Waals surface area contributed by atoms with Gasteiger partial charge in [-0.2, -0.15) is 24.4 Å². The molecule has 2 amide bonds. The van der Waals surface area contributed by atoms with Crippen LogP contribution in [0.2, 0.25) is 0 Å². The molecule has 0 aliphatic carbocycles. The number of carboxylic acids is 1. The van der Waals surface area contributed by atoms with Gasteiger partial charge in [0.25, 0.3) is 0 Å². The number of fused-ring (bicyclic) bond motifs is 1. The number of aliphatic carboxylic acids is 1. The third-order valence-electron chi connectivity index (χ3n) is 6.98. The number of carbonyl (C=O) groups excluding carboxylic acids is 2. The Morgan fingerprint density at radius 2 is 2.03 bits per heavy atom. The van der Waals surface area contributed by atoms with Gasteiger partial charge in [-0.15, -0.1) is 0 Å². The van der Waals surface area contributed by atoms with Crippen LogP contribution >= 0.6 is 24.4 Å². The van der Waals surface area contributed by atoms with Crippen LogP contribution in [0.25, 0.3) is 0 Å². The first-order valence-corrected chi connectivity index (χ1v) is 13.7. The van der Waals surface area contributed by atoms with Crippen LogP contribution in [0.4, 0.5) is 0 Å². The Morgan fingerprint density at radius 3 is 2.68 bits per heavy atom. The SMILES string of the molecule is CSCC[C@H](NC(=O)[C@@H]1Cc2ccccc2CN1C(=O)[C@]1(C)CCCN1C[C@@H](N)CS)C(=O)O. The summed E-state index contributed by atoms with van der Waals surface area (Å²) >= 11 is 5.82. The summed E-state index contributed by atoms with van der Waals surface area (Å²) in [5.41, 5.74) is 7.40. The Balaban J connectivity index is 1.88. The fourth-order valence-electron chi connectivity index (χ4n) is 4.94. The van der Waals surface area contributed by atoms with Gasteiger partial charge in [0.1, 0.15) is 12.1 Å². The summed E-state index contributed by atoms with van der Waals surface area (Å²) in [5.74, 6) is -0.453. The maximum atomic E-state index is 14.0. The molecule has 1 saturated heterocycles. The smallest absolute Gasteiger partial charge is 0.326 e. The second-order valence-electron chi connectivity index (χ2n) is 9.37. The molecule has 188 valence electrons. The first-order valence-electron chi connectivity index (χ1n) is 11.7. The van der Waals surface area contributed by atoms with E-state index in [-0.39, 0.29) is 11.9 Å². The minimum Gasteiger partial charge on any atom is -0.480 e. The highest BCUT2D eigenvalue weighted by molar-refractivity contribution is 7.98. The van der Waals surface area contributed by atoms with Crippen LogP contribution in [0.3, 0.4) is 0 Å². The number of thioether (sulfide) groups is 1. The van der Waals surface area contributed by atoms with E-state index in [1.54, 1.807) is 4.90 Å². The largest absolute Gasteiger partial charge is 0.480 e. The molecular formula is C24H36N4O4S2. The van der Waals surface area contributed by atoms with Crippen molar-refractivity contribution >= 4 is 42.2 Å². The molecule has 10 heteroatoms. The summed E-state index contributed by atoms with van der Waals surface area (Å²) < 4.78 is 0. The molecule has 0 saturated carbocycles. The van der Waals surface area contributed by atoms with E-state index >= 15 is 0 Å². The number of nitrogens with two attached hydrogens (primary N) is 1. The van der Waals surface area contributed by atoms with Crippen LogP contribution in [-0.4, -0.2) is 87.2 Å². The van der Waals surface area contributed by atoms with E-state index in [0.29, 0.717) is 43.9 Å². The number of nitrogens with one attached hydrogen (secondary N) is 1. The zero-order valence-corrected chi connectivity index (χ0v) is 21.6. The third-order valence-corrected chi connectivity index (χ3v) is 8.09. The van der Waals surface area contributed by atoms with Crippen molar-refractivity contribution in [3.05, 3.63) is 35.4 Å². The van der Waals surface area contributed by atoms with Crippen molar-refractivity contribution in [1.82, 2.24) is 15.1 Å². The Hall–Kier alpha value is -1.75. The van der Waals surface area contributed by atoms with Gasteiger partial charge in [0, 0.05) is 31.3 Å². The topological polar surface area (TPSA) is 116 Å². The number of rotatable bonds is 10. The molecule has 1 fully saturated rings. The predicted molar refractivity (Wildman–Crippen MR) is 138 cm³/mol. The number of carboxylic acid groups (broad SMARTS) is 1. The summed E-state index contributed by atoms with van der Waals surface area (Å²) in [6.07, 6.45) is 4.13. The number of hydrogen-bond donors (Lipinski definition) is 4. The zero-order valence-electron chi connectivity index (χ0n) is 19.9. The van der Waals surface area contributed by atoms with Crippen LogP contribution in [0.15, 0.2) is 24.3 Å². The maximum Gasteiger partial charge on any atom is 0.326 e. The highest BCUT2D eigenvalue weighted by atomic mass is 32.2. The molecule has 8 nitrogen and oxygen atoms in total. The molecule has 0 aromatic heterocycles. The lowest BCUT2D eigenvalue weighted by Gasteiger charge is -2.43. The third kappa shape index (κ3) is 5.90. The molecule has 1 aromatic carbocycles. The summed E-state index contributed by atoms with van der Waals surface area (Å²) in [7, 11) is 0. The van der Waals surface area contributed by atoms with Crippen molar-refractivity contribution in [2.24, 2.45) is 5.73 Å². The van der Waals surface area contributed by atoms with Crippen LogP contribution in [-0.2, 0) is 27.3 Å². The lowest BCUT2D eigenvalue weighted by atomic mass is 9.89. The Bertz CT molecular complexity index is 901. The number of carbonyl (C=O) groups is 3. The molecule has 0 spiro atoms. The predicted octanol–water partition coefficient (Wildman–Crippen LogP) is 1.37. The van der Waals surface area contributed by atoms with E-state index < -0.39 is 29.5 Å². The van der Waals surface area contributed by atoms with Gasteiger partial charge in [-0.05, 0) is 55.9 Å². The molecule has 2 heterocycles. The van der Waals surface area contributed by atoms with Gasteiger partial charge in [0.2, 0.25) is 11.8 Å². The quantitative estimate of drug-likeness (QED) is 0.353. The van der Waals surface area contributed by atoms with E-state index in [2.05, 4.69) is 22.8 Å². The van der Waals surface area contributed by atoms with E-state index in [1.165, 1.54) is 11.8 Å². The van der Waals surface area contributed by atoms with Gasteiger partial charge in [-0.25, -0.2) is 4.79 Å². The average Bonchev–Trinajstić information content (AvgIpc) is 3.20. The Morgan fingerprint density at radius 1 is 1.32 bits per heavy atom. The monoisotopic (exact) mass is 508 g/mol. The molecule has 4 atom stereocenters. The summed E-state index contributed by atoms with van der Waals surface area (Å²) in [6.45, 7) is 3.57. The second kappa shape index (κ2) is 11.8. The summed E-state index contributed by atoms with van der Waals surface area (Å²) in [5, 5.41) is 12.3. The molecule has 1 aromatic rings. The molecule has 0 bridgehead atoms. The fraction of sp³-hybridized carbons (Fsp3) is 0.625. The summed E-state index contributed by atoms with van der Waals surface area (Å²) in [6, 6.07) is 5.89. The van der Waals surface area contributed by atoms with Crippen LogP contribution in [0, 0.1) is 0 Å². The average molecular weight is 509 g/mol. The number of amides is 2. The number of benzene rings is 1. The Kier molecular flexibility index (Phi) is 9.31. The van der Waals surface area contributed by atoms with Crippen molar-refractivity contribution in [3.8, 4) is 0 Å². The first-order chi connectivity index (χ1) is 16.2. The first kappa shape index (κ1) is 26.8. The van der Waals surface area contributed by atoms with E-state index in [1.807, 2.05) is 37.4 Å². The molecule has 0 unspecified atom stereocenters. The lowest BCUT2D eigenvalue weighted by Crippen LogP contribution is -2.63. The highest BCUT2D eigenvalue weighted by Gasteiger charge is 2.48. The minimum absolute atomic E-state index is 0.109. The maximum absolute atomic E-state index is 14.0. The fourth-order valence-corrected chi connectivity index (χ4v) is 5.52. The van der Waals surface area contributed by atoms with Gasteiger partial charge in [0.15, 0.2) is 0 Å². The van der Waals surface area contributed by atoms with E-state index in [4.69, 9.17) is 5.73 Å². The van der Waals surface area contributed by atoms with Crippen molar-refractivity contribution in [2.45, 2.75) is 62.8 Å². The number of hydrogen-bond acceptors (Lipinski definition) is 7. The van der Waals surface area contributed by atoms with Crippen molar-refractivity contribution in [3.63, 3.8) is 0 Å². The minimum atomic E-state index is -1.06. The molecule has 2 aliphatic rings. The van der Waals surface area contributed by atoms with Gasteiger partial charge < -0.3 is 21.1 Å². The van der Waals surface area contributed by atoms with Gasteiger partial charge in [-0.1, -0.05) is 24.3 Å². The van der Waals surface area contributed by atoms with Gasteiger partial charge in [0.05, 0.1) is 5.54 Å². The van der Waals surface area contributed by atoms with Crippen molar-refractivity contribution in [2.75, 3.05) is 30.9 Å².